The number of hydrogen-bond donors (Lipinski definition) is 1. The third-order valence-electron chi connectivity index (χ3n) is 2.00. The number of nitrogens with zero attached hydrogens (tertiary/aromatic N) is 1. The number of aliphatic hydroxyl groups is 1. The van der Waals surface area contributed by atoms with Crippen LogP contribution in [-0.4, -0.2) is 29.2 Å². The van der Waals surface area contributed by atoms with E-state index in [0.717, 1.165) is 5.56 Å². The Balaban J connectivity index is 2.55. The van der Waals surface area contributed by atoms with Gasteiger partial charge in [0.15, 0.2) is 0 Å². The first-order chi connectivity index (χ1) is 6.87. The fraction of sp³-hybridized carbons (Fsp3) is 0.500. The van der Waals surface area contributed by atoms with Gasteiger partial charge in [-0.15, -0.1) is 0 Å². The monoisotopic (exact) mass is 211 g/mol. The van der Waals surface area contributed by atoms with Crippen molar-refractivity contribution in [1.29, 1.82) is 0 Å². The van der Waals surface area contributed by atoms with Crippen molar-refractivity contribution in [2.45, 2.75) is 26.0 Å². The first-order valence-electron chi connectivity index (χ1n) is 5.02. The highest BCUT2D eigenvalue weighted by Gasteiger charge is 2.15. The molecule has 1 N–H and O–H groups in total. The van der Waals surface area contributed by atoms with Crippen molar-refractivity contribution < 1.29 is 9.50 Å². The standard InChI is InChI=1S/C12H18FNO/c1-12(2,15)9-14(3)8-10-5-4-6-11(13)7-10/h4-7,15H,8-9H2,1-3H3. The van der Waals surface area contributed by atoms with Gasteiger partial charge in [0, 0.05) is 13.1 Å². The van der Waals surface area contributed by atoms with Gasteiger partial charge in [0.25, 0.3) is 0 Å². The lowest BCUT2D eigenvalue weighted by Gasteiger charge is -2.25. The van der Waals surface area contributed by atoms with Gasteiger partial charge < -0.3 is 5.11 Å². The molecule has 0 heterocycles. The van der Waals surface area contributed by atoms with E-state index in [1.165, 1.54) is 12.1 Å². The topological polar surface area (TPSA) is 23.5 Å². The molecule has 1 aromatic carbocycles. The summed E-state index contributed by atoms with van der Waals surface area (Å²) >= 11 is 0. The van der Waals surface area contributed by atoms with E-state index in [1.807, 2.05) is 18.0 Å². The van der Waals surface area contributed by atoms with Crippen molar-refractivity contribution in [2.24, 2.45) is 0 Å². The van der Waals surface area contributed by atoms with Crippen molar-refractivity contribution >= 4 is 0 Å². The summed E-state index contributed by atoms with van der Waals surface area (Å²) in [5.74, 6) is -0.218. The molecule has 0 bridgehead atoms. The van der Waals surface area contributed by atoms with E-state index >= 15 is 0 Å². The Labute approximate surface area is 90.3 Å². The van der Waals surface area contributed by atoms with Crippen LogP contribution in [0.5, 0.6) is 0 Å². The van der Waals surface area contributed by atoms with E-state index in [2.05, 4.69) is 0 Å². The summed E-state index contributed by atoms with van der Waals surface area (Å²) in [6.07, 6.45) is 0. The molecule has 3 heteroatoms. The summed E-state index contributed by atoms with van der Waals surface area (Å²) in [4.78, 5) is 1.97. The molecule has 0 unspecified atom stereocenters. The van der Waals surface area contributed by atoms with Gasteiger partial charge in [-0.25, -0.2) is 4.39 Å². The Bertz CT molecular complexity index is 320. The molecule has 1 aromatic rings. The second-order valence-corrected chi connectivity index (χ2v) is 4.61. The highest BCUT2D eigenvalue weighted by Crippen LogP contribution is 2.09. The molecule has 0 aliphatic heterocycles. The largest absolute Gasteiger partial charge is 0.389 e. The number of halogens is 1. The van der Waals surface area contributed by atoms with E-state index in [9.17, 15) is 9.50 Å². The lowest BCUT2D eigenvalue weighted by molar-refractivity contribution is 0.0425. The van der Waals surface area contributed by atoms with Gasteiger partial charge in [-0.3, -0.25) is 4.90 Å². The van der Waals surface area contributed by atoms with Crippen molar-refractivity contribution in [2.75, 3.05) is 13.6 Å². The minimum Gasteiger partial charge on any atom is -0.389 e. The van der Waals surface area contributed by atoms with E-state index in [1.54, 1.807) is 19.9 Å². The first kappa shape index (κ1) is 12.1. The summed E-state index contributed by atoms with van der Waals surface area (Å²) in [6.45, 7) is 4.72. The lowest BCUT2D eigenvalue weighted by Crippen LogP contribution is -2.35. The normalized spacial score (nSPS) is 12.1. The van der Waals surface area contributed by atoms with Crippen LogP contribution in [0, 0.1) is 5.82 Å². The summed E-state index contributed by atoms with van der Waals surface area (Å²) in [6, 6.07) is 6.52. The summed E-state index contributed by atoms with van der Waals surface area (Å²) in [5, 5.41) is 9.60. The van der Waals surface area contributed by atoms with Gasteiger partial charge in [-0.1, -0.05) is 12.1 Å². The predicted molar refractivity (Wildman–Crippen MR) is 59.0 cm³/mol. The van der Waals surface area contributed by atoms with Crippen LogP contribution in [0.25, 0.3) is 0 Å². The maximum absolute atomic E-state index is 12.9. The minimum atomic E-state index is -0.720. The highest BCUT2D eigenvalue weighted by atomic mass is 19.1. The first-order valence-corrected chi connectivity index (χ1v) is 5.02. The molecule has 0 saturated carbocycles. The molecule has 0 fully saturated rings. The Morgan fingerprint density at radius 2 is 2.07 bits per heavy atom. The summed E-state index contributed by atoms with van der Waals surface area (Å²) < 4.78 is 12.9. The van der Waals surface area contributed by atoms with Crippen LogP contribution in [-0.2, 0) is 6.54 Å². The molecule has 0 saturated heterocycles. The fourth-order valence-electron chi connectivity index (χ4n) is 1.66. The molecule has 1 rings (SSSR count). The molecule has 15 heavy (non-hydrogen) atoms. The minimum absolute atomic E-state index is 0.218. The Morgan fingerprint density at radius 3 is 2.60 bits per heavy atom. The average Bonchev–Trinajstić information content (AvgIpc) is 1.99. The number of benzene rings is 1. The van der Waals surface area contributed by atoms with Crippen LogP contribution in [0.1, 0.15) is 19.4 Å². The van der Waals surface area contributed by atoms with Gasteiger partial charge in [0.05, 0.1) is 5.60 Å². The number of rotatable bonds is 4. The van der Waals surface area contributed by atoms with E-state index < -0.39 is 5.60 Å². The Hall–Kier alpha value is -0.930. The lowest BCUT2D eigenvalue weighted by atomic mass is 10.1. The van der Waals surface area contributed by atoms with Gasteiger partial charge in [0.1, 0.15) is 5.82 Å². The summed E-state index contributed by atoms with van der Waals surface area (Å²) in [7, 11) is 1.91. The molecule has 0 atom stereocenters. The van der Waals surface area contributed by atoms with Gasteiger partial charge in [-0.2, -0.15) is 0 Å². The maximum Gasteiger partial charge on any atom is 0.123 e. The van der Waals surface area contributed by atoms with Gasteiger partial charge in [-0.05, 0) is 38.6 Å². The quantitative estimate of drug-likeness (QED) is 0.823. The molecule has 0 aromatic heterocycles. The van der Waals surface area contributed by atoms with Crippen LogP contribution in [0.2, 0.25) is 0 Å². The zero-order valence-electron chi connectivity index (χ0n) is 9.50. The van der Waals surface area contributed by atoms with Crippen LogP contribution in [0.3, 0.4) is 0 Å². The molecule has 0 spiro atoms. The molecular weight excluding hydrogens is 193 g/mol. The molecule has 2 nitrogen and oxygen atoms in total. The van der Waals surface area contributed by atoms with Gasteiger partial charge in [0.2, 0.25) is 0 Å². The molecular formula is C12H18FNO. The summed E-state index contributed by atoms with van der Waals surface area (Å²) in [5.41, 5.74) is 0.198. The van der Waals surface area contributed by atoms with Gasteiger partial charge >= 0.3 is 0 Å². The van der Waals surface area contributed by atoms with Crippen molar-refractivity contribution in [1.82, 2.24) is 4.90 Å². The van der Waals surface area contributed by atoms with Crippen molar-refractivity contribution in [3.05, 3.63) is 35.6 Å². The molecule has 0 aliphatic carbocycles. The zero-order valence-corrected chi connectivity index (χ0v) is 9.50. The third-order valence-corrected chi connectivity index (χ3v) is 2.00. The average molecular weight is 211 g/mol. The van der Waals surface area contributed by atoms with E-state index in [4.69, 9.17) is 0 Å². The SMILES string of the molecule is CN(Cc1cccc(F)c1)CC(C)(C)O. The van der Waals surface area contributed by atoms with Crippen molar-refractivity contribution in [3.63, 3.8) is 0 Å². The second-order valence-electron chi connectivity index (χ2n) is 4.61. The van der Waals surface area contributed by atoms with E-state index in [-0.39, 0.29) is 5.82 Å². The molecule has 0 radical (unpaired) electrons. The molecule has 0 amide bonds. The van der Waals surface area contributed by atoms with Crippen molar-refractivity contribution in [3.8, 4) is 0 Å². The van der Waals surface area contributed by atoms with Crippen LogP contribution in [0.4, 0.5) is 4.39 Å². The third kappa shape index (κ3) is 4.91. The Morgan fingerprint density at radius 1 is 1.40 bits per heavy atom. The zero-order chi connectivity index (χ0) is 11.5. The smallest absolute Gasteiger partial charge is 0.123 e. The highest BCUT2D eigenvalue weighted by molar-refractivity contribution is 5.16. The maximum atomic E-state index is 12.9. The molecule has 0 aliphatic rings. The van der Waals surface area contributed by atoms with Crippen LogP contribution in [0.15, 0.2) is 24.3 Å². The van der Waals surface area contributed by atoms with E-state index in [0.29, 0.717) is 13.1 Å². The van der Waals surface area contributed by atoms with Crippen LogP contribution < -0.4 is 0 Å². The second kappa shape index (κ2) is 4.73. The number of hydrogen-bond acceptors (Lipinski definition) is 2. The predicted octanol–water partition coefficient (Wildman–Crippen LogP) is 2.03. The molecule has 84 valence electrons. The van der Waals surface area contributed by atoms with Crippen LogP contribution >= 0.6 is 0 Å². The fourth-order valence-corrected chi connectivity index (χ4v) is 1.66. The Kier molecular flexibility index (Phi) is 3.83. The number of likely N-dealkylation sites (N-methyl/N-ethyl adjacent to an activating group) is 1.